The summed E-state index contributed by atoms with van der Waals surface area (Å²) in [5, 5.41) is 16.1. The Morgan fingerprint density at radius 2 is 2.00 bits per heavy atom. The first-order valence-electron chi connectivity index (χ1n) is 9.79. The first-order valence-corrected chi connectivity index (χ1v) is 9.79. The van der Waals surface area contributed by atoms with Gasteiger partial charge in [0.25, 0.3) is 11.6 Å². The Bertz CT molecular complexity index is 833. The van der Waals surface area contributed by atoms with Crippen LogP contribution in [0.15, 0.2) is 18.2 Å². The van der Waals surface area contributed by atoms with Crippen molar-refractivity contribution in [3.63, 3.8) is 0 Å². The van der Waals surface area contributed by atoms with Crippen LogP contribution < -0.4 is 15.5 Å². The van der Waals surface area contributed by atoms with Gasteiger partial charge in [0.1, 0.15) is 5.69 Å². The van der Waals surface area contributed by atoms with Crippen molar-refractivity contribution in [2.24, 2.45) is 5.92 Å². The number of esters is 1. The second kappa shape index (κ2) is 9.55. The molecule has 3 amide bonds. The molecule has 0 aliphatic carbocycles. The first-order chi connectivity index (χ1) is 14.0. The molecule has 0 radical (unpaired) electrons. The normalized spacial score (nSPS) is 16.5. The largest absolute Gasteiger partial charge is 0.452 e. The predicted molar refractivity (Wildman–Crippen MR) is 110 cm³/mol. The summed E-state index contributed by atoms with van der Waals surface area (Å²) in [6, 6.07) is 3.41. The average molecular weight is 420 g/mol. The van der Waals surface area contributed by atoms with E-state index < -0.39 is 35.0 Å². The highest BCUT2D eigenvalue weighted by atomic mass is 16.6. The average Bonchev–Trinajstić information content (AvgIpc) is 2.64. The predicted octanol–water partition coefficient (Wildman–Crippen LogP) is 2.61. The van der Waals surface area contributed by atoms with Crippen LogP contribution in [0.1, 0.15) is 50.9 Å². The van der Waals surface area contributed by atoms with Crippen molar-refractivity contribution >= 4 is 29.3 Å². The van der Waals surface area contributed by atoms with Crippen LogP contribution in [0.4, 0.5) is 16.2 Å². The van der Waals surface area contributed by atoms with E-state index in [1.165, 1.54) is 12.1 Å². The van der Waals surface area contributed by atoms with Crippen LogP contribution in [-0.2, 0) is 9.53 Å². The van der Waals surface area contributed by atoms with Gasteiger partial charge in [0.2, 0.25) is 0 Å². The molecule has 1 heterocycles. The van der Waals surface area contributed by atoms with E-state index in [0.717, 1.165) is 18.9 Å². The number of carbonyl (C=O) groups excluding carboxylic acids is 3. The molecule has 10 heteroatoms. The maximum absolute atomic E-state index is 12.2. The Morgan fingerprint density at radius 1 is 1.30 bits per heavy atom. The van der Waals surface area contributed by atoms with Crippen molar-refractivity contribution < 1.29 is 24.0 Å². The lowest BCUT2D eigenvalue weighted by atomic mass is 9.99. The summed E-state index contributed by atoms with van der Waals surface area (Å²) in [4.78, 5) is 48.6. The summed E-state index contributed by atoms with van der Waals surface area (Å²) >= 11 is 0. The Morgan fingerprint density at radius 3 is 2.60 bits per heavy atom. The molecule has 1 fully saturated rings. The van der Waals surface area contributed by atoms with Crippen molar-refractivity contribution in [1.29, 1.82) is 0 Å². The molecule has 164 valence electrons. The van der Waals surface area contributed by atoms with Crippen LogP contribution in [0.2, 0.25) is 0 Å². The first kappa shape index (κ1) is 23.1. The molecule has 1 atom stereocenters. The number of urea groups is 1. The fourth-order valence-corrected chi connectivity index (χ4v) is 3.22. The number of piperidine rings is 1. The van der Waals surface area contributed by atoms with Gasteiger partial charge in [-0.1, -0.05) is 6.92 Å². The number of amides is 3. The molecule has 10 nitrogen and oxygen atoms in total. The van der Waals surface area contributed by atoms with Gasteiger partial charge in [-0.25, -0.2) is 9.59 Å². The molecule has 0 unspecified atom stereocenters. The zero-order valence-corrected chi connectivity index (χ0v) is 17.7. The van der Waals surface area contributed by atoms with E-state index in [9.17, 15) is 24.5 Å². The Hall–Kier alpha value is -3.17. The quantitative estimate of drug-likeness (QED) is 0.425. The third-order valence-corrected chi connectivity index (χ3v) is 4.48. The van der Waals surface area contributed by atoms with Gasteiger partial charge in [0.05, 0.1) is 10.5 Å². The van der Waals surface area contributed by atoms with Gasteiger partial charge in [0.15, 0.2) is 6.61 Å². The third-order valence-electron chi connectivity index (χ3n) is 4.48. The van der Waals surface area contributed by atoms with E-state index in [-0.39, 0.29) is 11.3 Å². The van der Waals surface area contributed by atoms with Crippen molar-refractivity contribution in [2.75, 3.05) is 24.6 Å². The lowest BCUT2D eigenvalue weighted by Crippen LogP contribution is -2.49. The number of hydrogen-bond acceptors (Lipinski definition) is 7. The van der Waals surface area contributed by atoms with E-state index in [1.54, 1.807) is 20.8 Å². The van der Waals surface area contributed by atoms with Gasteiger partial charge < -0.3 is 15.0 Å². The van der Waals surface area contributed by atoms with Gasteiger partial charge in [-0.15, -0.1) is 0 Å². The molecule has 1 aromatic carbocycles. The number of nitro groups is 1. The summed E-state index contributed by atoms with van der Waals surface area (Å²) < 4.78 is 4.89. The van der Waals surface area contributed by atoms with Gasteiger partial charge in [0, 0.05) is 24.7 Å². The van der Waals surface area contributed by atoms with Gasteiger partial charge >= 0.3 is 12.0 Å². The van der Waals surface area contributed by atoms with Crippen molar-refractivity contribution in [3.05, 3.63) is 33.9 Å². The van der Waals surface area contributed by atoms with Crippen LogP contribution in [0.5, 0.6) is 0 Å². The Balaban J connectivity index is 2.02. The standard InChI is InChI=1S/C20H28N4O6/c1-13-6-5-9-23(11-13)15-8-7-14(10-16(15)24(28)29)18(26)30-12-17(25)21-19(27)22-20(2,3)4/h7-8,10,13H,5-6,9,11-12H2,1-4H3,(H2,21,22,25,27)/t13-/m1/s1. The molecule has 0 spiro atoms. The minimum Gasteiger partial charge on any atom is -0.452 e. The second-order valence-electron chi connectivity index (χ2n) is 8.48. The Labute approximate surface area is 175 Å². The number of hydrogen-bond donors (Lipinski definition) is 2. The smallest absolute Gasteiger partial charge is 0.338 e. The molecule has 2 rings (SSSR count). The SMILES string of the molecule is C[C@@H]1CCCN(c2ccc(C(=O)OCC(=O)NC(=O)NC(C)(C)C)cc2[N+](=O)[O-])C1. The molecular formula is C20H28N4O6. The van der Waals surface area contributed by atoms with E-state index in [4.69, 9.17) is 4.74 Å². The van der Waals surface area contributed by atoms with E-state index in [0.29, 0.717) is 24.7 Å². The highest BCUT2D eigenvalue weighted by Gasteiger charge is 2.26. The van der Waals surface area contributed by atoms with E-state index in [2.05, 4.69) is 12.2 Å². The van der Waals surface area contributed by atoms with Crippen molar-refractivity contribution in [3.8, 4) is 0 Å². The van der Waals surface area contributed by atoms with Crippen molar-refractivity contribution in [1.82, 2.24) is 10.6 Å². The monoisotopic (exact) mass is 420 g/mol. The maximum atomic E-state index is 12.2. The van der Waals surface area contributed by atoms with Crippen LogP contribution in [0.3, 0.4) is 0 Å². The topological polar surface area (TPSA) is 131 Å². The molecule has 1 aromatic rings. The van der Waals surface area contributed by atoms with Crippen LogP contribution in [0, 0.1) is 16.0 Å². The van der Waals surface area contributed by atoms with Gasteiger partial charge in [-0.05, 0) is 51.7 Å². The van der Waals surface area contributed by atoms with Crippen LogP contribution in [0.25, 0.3) is 0 Å². The van der Waals surface area contributed by atoms with Gasteiger partial charge in [-0.2, -0.15) is 0 Å². The zero-order valence-electron chi connectivity index (χ0n) is 17.7. The van der Waals surface area contributed by atoms with E-state index in [1.807, 2.05) is 10.2 Å². The molecule has 1 aliphatic heterocycles. The number of ether oxygens (including phenoxy) is 1. The summed E-state index contributed by atoms with van der Waals surface area (Å²) in [5.74, 6) is -1.27. The zero-order chi connectivity index (χ0) is 22.5. The lowest BCUT2D eigenvalue weighted by molar-refractivity contribution is -0.384. The van der Waals surface area contributed by atoms with Gasteiger partial charge in [-0.3, -0.25) is 20.2 Å². The minimum absolute atomic E-state index is 0.0394. The molecule has 0 bridgehead atoms. The molecular weight excluding hydrogens is 392 g/mol. The summed E-state index contributed by atoms with van der Waals surface area (Å²) in [7, 11) is 0. The molecule has 0 aromatic heterocycles. The number of imide groups is 1. The Kier molecular flexibility index (Phi) is 7.36. The number of carbonyl (C=O) groups is 3. The summed E-state index contributed by atoms with van der Waals surface area (Å²) in [6.45, 7) is 8.08. The van der Waals surface area contributed by atoms with E-state index >= 15 is 0 Å². The highest BCUT2D eigenvalue weighted by Crippen LogP contribution is 2.32. The molecule has 30 heavy (non-hydrogen) atoms. The number of benzene rings is 1. The molecule has 1 saturated heterocycles. The van der Waals surface area contributed by atoms with Crippen molar-refractivity contribution in [2.45, 2.75) is 46.1 Å². The number of nitrogens with zero attached hydrogens (tertiary/aromatic N) is 2. The lowest BCUT2D eigenvalue weighted by Gasteiger charge is -2.32. The number of nitrogens with one attached hydrogen (secondary N) is 2. The number of nitro benzene ring substituents is 1. The molecule has 2 N–H and O–H groups in total. The third kappa shape index (κ3) is 6.71. The fourth-order valence-electron chi connectivity index (χ4n) is 3.22. The molecule has 0 saturated carbocycles. The fraction of sp³-hybridized carbons (Fsp3) is 0.550. The second-order valence-corrected chi connectivity index (χ2v) is 8.48. The number of rotatable bonds is 5. The van der Waals surface area contributed by atoms with Crippen LogP contribution in [-0.4, -0.2) is 48.1 Å². The summed E-state index contributed by atoms with van der Waals surface area (Å²) in [6.07, 6.45) is 2.02. The highest BCUT2D eigenvalue weighted by molar-refractivity contribution is 5.97. The minimum atomic E-state index is -0.886. The maximum Gasteiger partial charge on any atom is 0.338 e. The molecule has 1 aliphatic rings. The summed E-state index contributed by atoms with van der Waals surface area (Å²) in [5.41, 5.74) is -0.303. The number of anilines is 1. The van der Waals surface area contributed by atoms with Crippen LogP contribution >= 0.6 is 0 Å².